The number of rotatable bonds is 5. The van der Waals surface area contributed by atoms with Crippen molar-refractivity contribution in [3.63, 3.8) is 0 Å². The lowest BCUT2D eigenvalue weighted by atomic mass is 9.81. The van der Waals surface area contributed by atoms with Crippen LogP contribution in [0.4, 0.5) is 0 Å². The summed E-state index contributed by atoms with van der Waals surface area (Å²) in [6, 6.07) is 8.10. The number of fused-ring (bicyclic) bond motifs is 4. The lowest BCUT2D eigenvalue weighted by molar-refractivity contribution is -0.139. The first kappa shape index (κ1) is 19.0. The van der Waals surface area contributed by atoms with Gasteiger partial charge in [-0.25, -0.2) is 0 Å². The fourth-order valence-electron chi connectivity index (χ4n) is 4.22. The molecule has 2 aliphatic heterocycles. The van der Waals surface area contributed by atoms with Gasteiger partial charge in [0.2, 0.25) is 5.91 Å². The number of carbonyl (C=O) groups is 1. The number of nitrogens with zero attached hydrogens (tertiary/aromatic N) is 3. The van der Waals surface area contributed by atoms with Gasteiger partial charge in [0, 0.05) is 56.3 Å². The molecule has 1 fully saturated rings. The van der Waals surface area contributed by atoms with Crippen molar-refractivity contribution in [2.75, 3.05) is 26.8 Å². The van der Waals surface area contributed by atoms with E-state index in [4.69, 9.17) is 14.6 Å². The zero-order valence-electron chi connectivity index (χ0n) is 17.0. The van der Waals surface area contributed by atoms with Gasteiger partial charge >= 0.3 is 0 Å². The average molecular weight is 383 g/mol. The molecule has 1 spiro atoms. The predicted octanol–water partition coefficient (Wildman–Crippen LogP) is 3.45. The Morgan fingerprint density at radius 3 is 2.79 bits per heavy atom. The number of benzene rings is 1. The first-order chi connectivity index (χ1) is 13.6. The molecule has 28 heavy (non-hydrogen) atoms. The molecule has 2 aromatic rings. The Bertz CT molecular complexity index is 852. The summed E-state index contributed by atoms with van der Waals surface area (Å²) in [6.07, 6.45) is 4.55. The molecule has 1 saturated heterocycles. The third kappa shape index (κ3) is 3.20. The summed E-state index contributed by atoms with van der Waals surface area (Å²) in [6.45, 7) is 6.84. The van der Waals surface area contributed by atoms with E-state index in [1.165, 1.54) is 0 Å². The Hall–Kier alpha value is -2.34. The Balaban J connectivity index is 1.64. The minimum atomic E-state index is -0.415. The van der Waals surface area contributed by atoms with Crippen LogP contribution >= 0.6 is 0 Å². The second kappa shape index (κ2) is 7.59. The molecule has 0 bridgehead atoms. The van der Waals surface area contributed by atoms with Crippen LogP contribution < -0.4 is 4.74 Å². The number of carbonyl (C=O) groups excluding carboxylic acids is 1. The highest BCUT2D eigenvalue weighted by Gasteiger charge is 2.46. The summed E-state index contributed by atoms with van der Waals surface area (Å²) in [5.41, 5.74) is 2.76. The van der Waals surface area contributed by atoms with E-state index < -0.39 is 5.60 Å². The molecule has 2 aliphatic rings. The SMILES string of the molecule is CCC(C)C(=O)N1CCC2(CC1)Oc1ccccc1-c1nn(CCOC)cc12. The van der Waals surface area contributed by atoms with E-state index in [2.05, 4.69) is 19.2 Å². The maximum atomic E-state index is 12.6. The molecule has 0 aliphatic carbocycles. The van der Waals surface area contributed by atoms with Crippen molar-refractivity contribution in [1.82, 2.24) is 14.7 Å². The van der Waals surface area contributed by atoms with Crippen molar-refractivity contribution in [1.29, 1.82) is 0 Å². The summed E-state index contributed by atoms with van der Waals surface area (Å²) in [5, 5.41) is 4.85. The van der Waals surface area contributed by atoms with Gasteiger partial charge in [-0.3, -0.25) is 9.48 Å². The number of aromatic nitrogens is 2. The van der Waals surface area contributed by atoms with E-state index >= 15 is 0 Å². The number of ether oxygens (including phenoxy) is 2. The van der Waals surface area contributed by atoms with Crippen LogP contribution in [-0.4, -0.2) is 47.4 Å². The van der Waals surface area contributed by atoms with Crippen LogP contribution in [0.2, 0.25) is 0 Å². The fourth-order valence-corrected chi connectivity index (χ4v) is 4.22. The minimum absolute atomic E-state index is 0.0782. The maximum Gasteiger partial charge on any atom is 0.225 e. The largest absolute Gasteiger partial charge is 0.482 e. The molecular weight excluding hydrogens is 354 g/mol. The van der Waals surface area contributed by atoms with Crippen molar-refractivity contribution in [2.45, 2.75) is 45.3 Å². The molecule has 1 unspecified atom stereocenters. The Labute approximate surface area is 166 Å². The molecule has 0 N–H and O–H groups in total. The summed E-state index contributed by atoms with van der Waals surface area (Å²) in [5.74, 6) is 1.22. The zero-order chi connectivity index (χ0) is 19.7. The van der Waals surface area contributed by atoms with Crippen LogP contribution in [0.25, 0.3) is 11.3 Å². The van der Waals surface area contributed by atoms with Crippen molar-refractivity contribution < 1.29 is 14.3 Å². The van der Waals surface area contributed by atoms with Crippen LogP contribution in [0.5, 0.6) is 5.75 Å². The summed E-state index contributed by atoms with van der Waals surface area (Å²) < 4.78 is 13.8. The number of likely N-dealkylation sites (tertiary alicyclic amines) is 1. The number of amides is 1. The van der Waals surface area contributed by atoms with E-state index in [1.54, 1.807) is 7.11 Å². The van der Waals surface area contributed by atoms with E-state index in [9.17, 15) is 4.79 Å². The van der Waals surface area contributed by atoms with Crippen LogP contribution in [0.1, 0.15) is 38.7 Å². The normalized spacial score (nSPS) is 18.3. The zero-order valence-corrected chi connectivity index (χ0v) is 17.0. The van der Waals surface area contributed by atoms with E-state index in [-0.39, 0.29) is 11.8 Å². The van der Waals surface area contributed by atoms with Gasteiger partial charge in [0.25, 0.3) is 0 Å². The van der Waals surface area contributed by atoms with Crippen molar-refractivity contribution in [3.05, 3.63) is 36.0 Å². The molecule has 150 valence electrons. The minimum Gasteiger partial charge on any atom is -0.482 e. The Morgan fingerprint density at radius 1 is 1.32 bits per heavy atom. The summed E-state index contributed by atoms with van der Waals surface area (Å²) in [7, 11) is 1.70. The topological polar surface area (TPSA) is 56.6 Å². The summed E-state index contributed by atoms with van der Waals surface area (Å²) >= 11 is 0. The average Bonchev–Trinajstić information content (AvgIpc) is 3.17. The molecule has 6 heteroatoms. The Morgan fingerprint density at radius 2 is 2.07 bits per heavy atom. The summed E-state index contributed by atoms with van der Waals surface area (Å²) in [4.78, 5) is 14.6. The van der Waals surface area contributed by atoms with Gasteiger partial charge in [-0.15, -0.1) is 0 Å². The van der Waals surface area contributed by atoms with Crippen molar-refractivity contribution in [2.24, 2.45) is 5.92 Å². The van der Waals surface area contributed by atoms with Crippen LogP contribution in [0, 0.1) is 5.92 Å². The number of methoxy groups -OCH3 is 1. The van der Waals surface area contributed by atoms with Crippen LogP contribution in [0.15, 0.2) is 30.5 Å². The number of para-hydroxylation sites is 1. The highest BCUT2D eigenvalue weighted by Crippen LogP contribution is 2.49. The van der Waals surface area contributed by atoms with Crippen molar-refractivity contribution in [3.8, 4) is 17.0 Å². The van der Waals surface area contributed by atoms with Crippen LogP contribution in [-0.2, 0) is 21.7 Å². The molecule has 0 radical (unpaired) electrons. The monoisotopic (exact) mass is 383 g/mol. The molecule has 1 aromatic heterocycles. The second-order valence-electron chi connectivity index (χ2n) is 7.87. The van der Waals surface area contributed by atoms with Crippen molar-refractivity contribution >= 4 is 5.91 Å². The molecule has 6 nitrogen and oxygen atoms in total. The molecule has 3 heterocycles. The predicted molar refractivity (Wildman–Crippen MR) is 107 cm³/mol. The van der Waals surface area contributed by atoms with E-state index in [1.807, 2.05) is 34.7 Å². The van der Waals surface area contributed by atoms with E-state index in [0.29, 0.717) is 26.2 Å². The van der Waals surface area contributed by atoms with Gasteiger partial charge in [-0.05, 0) is 18.6 Å². The fraction of sp³-hybridized carbons (Fsp3) is 0.545. The number of hydrogen-bond acceptors (Lipinski definition) is 4. The van der Waals surface area contributed by atoms with Gasteiger partial charge < -0.3 is 14.4 Å². The number of hydrogen-bond donors (Lipinski definition) is 0. The van der Waals surface area contributed by atoms with E-state index in [0.717, 1.165) is 41.8 Å². The molecule has 1 atom stereocenters. The second-order valence-corrected chi connectivity index (χ2v) is 7.87. The number of piperidine rings is 1. The standard InChI is InChI=1S/C22H29N3O3/c1-4-16(2)21(26)24-11-9-22(10-12-24)18-15-25(13-14-27-3)23-20(18)17-7-5-6-8-19(17)28-22/h5-8,15-16H,4,9-14H2,1-3H3. The molecule has 4 rings (SSSR count). The van der Waals surface area contributed by atoms with Gasteiger partial charge in [-0.1, -0.05) is 26.0 Å². The molecule has 1 aromatic carbocycles. The van der Waals surface area contributed by atoms with Gasteiger partial charge in [-0.2, -0.15) is 5.10 Å². The van der Waals surface area contributed by atoms with Gasteiger partial charge in [0.15, 0.2) is 0 Å². The first-order valence-corrected chi connectivity index (χ1v) is 10.2. The Kier molecular flexibility index (Phi) is 5.15. The first-order valence-electron chi connectivity index (χ1n) is 10.2. The smallest absolute Gasteiger partial charge is 0.225 e. The van der Waals surface area contributed by atoms with Gasteiger partial charge in [0.1, 0.15) is 17.0 Å². The van der Waals surface area contributed by atoms with Crippen LogP contribution in [0.3, 0.4) is 0 Å². The molecule has 1 amide bonds. The lowest BCUT2D eigenvalue weighted by Gasteiger charge is -2.44. The highest BCUT2D eigenvalue weighted by molar-refractivity contribution is 5.79. The molecular formula is C22H29N3O3. The molecule has 0 saturated carbocycles. The maximum absolute atomic E-state index is 12.6. The highest BCUT2D eigenvalue weighted by atomic mass is 16.5. The quantitative estimate of drug-likeness (QED) is 0.794. The van der Waals surface area contributed by atoms with Gasteiger partial charge in [0.05, 0.1) is 13.2 Å². The lowest BCUT2D eigenvalue weighted by Crippen LogP contribution is -2.50. The third-order valence-electron chi connectivity index (χ3n) is 6.14. The third-order valence-corrected chi connectivity index (χ3v) is 6.14.